The van der Waals surface area contributed by atoms with Crippen molar-refractivity contribution in [3.63, 3.8) is 0 Å². The van der Waals surface area contributed by atoms with Crippen molar-refractivity contribution in [1.82, 2.24) is 5.32 Å². The van der Waals surface area contributed by atoms with E-state index in [1.54, 1.807) is 0 Å². The van der Waals surface area contributed by atoms with Gasteiger partial charge in [-0.15, -0.1) is 0 Å². The van der Waals surface area contributed by atoms with Gasteiger partial charge in [0.15, 0.2) is 0 Å². The van der Waals surface area contributed by atoms with Crippen molar-refractivity contribution >= 4 is 17.8 Å². The van der Waals surface area contributed by atoms with Gasteiger partial charge in [-0.05, 0) is 25.2 Å². The largest absolute Gasteiger partial charge is 0.481 e. The standard InChI is InChI=1S/C13H22N2O5/c1-8-3-2-6-13(7-8,12(19)20)15-11(18)9(14)4-5-10(16)17/h8-9H,2-7,14H2,1H3,(H,15,18)(H,16,17)(H,19,20). The second-order valence-corrected chi connectivity index (χ2v) is 5.62. The average molecular weight is 286 g/mol. The SMILES string of the molecule is CC1CCCC(NC(=O)C(N)CCC(=O)O)(C(=O)O)C1. The zero-order valence-corrected chi connectivity index (χ0v) is 11.6. The Labute approximate surface area is 117 Å². The number of amides is 1. The van der Waals surface area contributed by atoms with Crippen molar-refractivity contribution in [2.24, 2.45) is 11.7 Å². The van der Waals surface area contributed by atoms with Gasteiger partial charge >= 0.3 is 11.9 Å². The van der Waals surface area contributed by atoms with Crippen LogP contribution in [0.4, 0.5) is 0 Å². The number of nitrogens with two attached hydrogens (primary N) is 1. The third-order valence-corrected chi connectivity index (χ3v) is 3.78. The van der Waals surface area contributed by atoms with Crippen molar-refractivity contribution in [3.8, 4) is 0 Å². The van der Waals surface area contributed by atoms with E-state index in [0.717, 1.165) is 12.8 Å². The molecule has 1 aliphatic rings. The van der Waals surface area contributed by atoms with E-state index in [2.05, 4.69) is 5.32 Å². The highest BCUT2D eigenvalue weighted by Gasteiger charge is 2.43. The van der Waals surface area contributed by atoms with Crippen LogP contribution in [0.2, 0.25) is 0 Å². The van der Waals surface area contributed by atoms with Crippen molar-refractivity contribution in [2.45, 2.75) is 57.0 Å². The first-order chi connectivity index (χ1) is 9.27. The Morgan fingerprint density at radius 3 is 2.55 bits per heavy atom. The molecule has 1 aliphatic carbocycles. The maximum Gasteiger partial charge on any atom is 0.329 e. The first-order valence-electron chi connectivity index (χ1n) is 6.79. The van der Waals surface area contributed by atoms with Gasteiger partial charge in [-0.3, -0.25) is 9.59 Å². The van der Waals surface area contributed by atoms with Crippen LogP contribution in [0.25, 0.3) is 0 Å². The van der Waals surface area contributed by atoms with E-state index >= 15 is 0 Å². The van der Waals surface area contributed by atoms with Crippen LogP contribution in [-0.4, -0.2) is 39.6 Å². The number of hydrogen-bond donors (Lipinski definition) is 4. The summed E-state index contributed by atoms with van der Waals surface area (Å²) in [6.07, 6.45) is 2.20. The molecule has 0 heterocycles. The zero-order valence-electron chi connectivity index (χ0n) is 11.6. The number of carboxylic acid groups (broad SMARTS) is 2. The number of hydrogen-bond acceptors (Lipinski definition) is 4. The van der Waals surface area contributed by atoms with E-state index in [4.69, 9.17) is 10.8 Å². The maximum atomic E-state index is 11.9. The average Bonchev–Trinajstić information content (AvgIpc) is 2.35. The molecule has 0 radical (unpaired) electrons. The fourth-order valence-corrected chi connectivity index (χ4v) is 2.65. The molecule has 114 valence electrons. The van der Waals surface area contributed by atoms with Gasteiger partial charge < -0.3 is 21.3 Å². The van der Waals surface area contributed by atoms with E-state index in [0.29, 0.717) is 12.8 Å². The minimum Gasteiger partial charge on any atom is -0.481 e. The van der Waals surface area contributed by atoms with Crippen LogP contribution in [0.15, 0.2) is 0 Å². The van der Waals surface area contributed by atoms with Crippen molar-refractivity contribution < 1.29 is 24.6 Å². The lowest BCUT2D eigenvalue weighted by Gasteiger charge is -2.37. The van der Waals surface area contributed by atoms with E-state index in [-0.39, 0.29) is 18.8 Å². The molecular formula is C13H22N2O5. The fraction of sp³-hybridized carbons (Fsp3) is 0.769. The number of nitrogens with one attached hydrogen (secondary N) is 1. The molecular weight excluding hydrogens is 264 g/mol. The molecule has 3 unspecified atom stereocenters. The molecule has 20 heavy (non-hydrogen) atoms. The summed E-state index contributed by atoms with van der Waals surface area (Å²) in [6, 6.07) is -1.00. The van der Waals surface area contributed by atoms with Crippen molar-refractivity contribution in [1.29, 1.82) is 0 Å². The summed E-state index contributed by atoms with van der Waals surface area (Å²) in [5.41, 5.74) is 4.34. The lowest BCUT2D eigenvalue weighted by atomic mass is 9.76. The summed E-state index contributed by atoms with van der Waals surface area (Å²) >= 11 is 0. The summed E-state index contributed by atoms with van der Waals surface area (Å²) < 4.78 is 0. The third-order valence-electron chi connectivity index (χ3n) is 3.78. The van der Waals surface area contributed by atoms with Gasteiger partial charge in [-0.2, -0.15) is 0 Å². The van der Waals surface area contributed by atoms with Crippen LogP contribution in [0, 0.1) is 5.92 Å². The van der Waals surface area contributed by atoms with Crippen LogP contribution >= 0.6 is 0 Å². The van der Waals surface area contributed by atoms with Crippen LogP contribution in [0.1, 0.15) is 45.4 Å². The van der Waals surface area contributed by atoms with Crippen LogP contribution in [0.5, 0.6) is 0 Å². The molecule has 3 atom stereocenters. The van der Waals surface area contributed by atoms with Gasteiger partial charge in [-0.25, -0.2) is 4.79 Å². The molecule has 7 heteroatoms. The lowest BCUT2D eigenvalue weighted by molar-refractivity contribution is -0.150. The van der Waals surface area contributed by atoms with Crippen LogP contribution in [-0.2, 0) is 14.4 Å². The monoisotopic (exact) mass is 286 g/mol. The molecule has 0 spiro atoms. The Morgan fingerprint density at radius 1 is 1.40 bits per heavy atom. The Bertz CT molecular complexity index is 398. The summed E-state index contributed by atoms with van der Waals surface area (Å²) in [6.45, 7) is 1.95. The van der Waals surface area contributed by atoms with Gasteiger partial charge in [0, 0.05) is 6.42 Å². The molecule has 5 N–H and O–H groups in total. The van der Waals surface area contributed by atoms with Gasteiger partial charge in [-0.1, -0.05) is 19.8 Å². The molecule has 7 nitrogen and oxygen atoms in total. The van der Waals surface area contributed by atoms with Gasteiger partial charge in [0.05, 0.1) is 6.04 Å². The number of carboxylic acids is 2. The van der Waals surface area contributed by atoms with Crippen molar-refractivity contribution in [2.75, 3.05) is 0 Å². The molecule has 0 aromatic rings. The molecule has 0 aromatic carbocycles. The third kappa shape index (κ3) is 4.19. The highest BCUT2D eigenvalue weighted by molar-refractivity contribution is 5.89. The number of carbonyl (C=O) groups is 3. The molecule has 0 aliphatic heterocycles. The summed E-state index contributed by atoms with van der Waals surface area (Å²) in [4.78, 5) is 33.9. The second kappa shape index (κ2) is 6.69. The Kier molecular flexibility index (Phi) is 5.50. The molecule has 1 saturated carbocycles. The van der Waals surface area contributed by atoms with Crippen LogP contribution < -0.4 is 11.1 Å². The first kappa shape index (κ1) is 16.4. The zero-order chi connectivity index (χ0) is 15.3. The molecule has 1 fully saturated rings. The van der Waals surface area contributed by atoms with Crippen molar-refractivity contribution in [3.05, 3.63) is 0 Å². The van der Waals surface area contributed by atoms with Gasteiger partial charge in [0.2, 0.25) is 5.91 Å². The predicted octanol–water partition coefficient (Wildman–Crippen LogP) is 0.328. The first-order valence-corrected chi connectivity index (χ1v) is 6.79. The smallest absolute Gasteiger partial charge is 0.329 e. The summed E-state index contributed by atoms with van der Waals surface area (Å²) in [5, 5.41) is 20.5. The second-order valence-electron chi connectivity index (χ2n) is 5.62. The molecule has 0 saturated heterocycles. The molecule has 1 amide bonds. The quantitative estimate of drug-likeness (QED) is 0.556. The van der Waals surface area contributed by atoms with E-state index in [1.807, 2.05) is 6.92 Å². The summed E-state index contributed by atoms with van der Waals surface area (Å²) in [5.74, 6) is -2.46. The summed E-state index contributed by atoms with van der Waals surface area (Å²) in [7, 11) is 0. The van der Waals surface area contributed by atoms with E-state index in [9.17, 15) is 19.5 Å². The normalized spacial score (nSPS) is 27.6. The minimum absolute atomic E-state index is 0.00752. The highest BCUT2D eigenvalue weighted by atomic mass is 16.4. The van der Waals surface area contributed by atoms with Gasteiger partial charge in [0.1, 0.15) is 5.54 Å². The number of rotatable bonds is 6. The molecule has 1 rings (SSSR count). The van der Waals surface area contributed by atoms with E-state index < -0.39 is 29.4 Å². The maximum absolute atomic E-state index is 11.9. The Hall–Kier alpha value is -1.63. The Morgan fingerprint density at radius 2 is 2.05 bits per heavy atom. The van der Waals surface area contributed by atoms with Crippen LogP contribution in [0.3, 0.4) is 0 Å². The predicted molar refractivity (Wildman–Crippen MR) is 71.0 cm³/mol. The topological polar surface area (TPSA) is 130 Å². The molecule has 0 bridgehead atoms. The molecule has 0 aromatic heterocycles. The fourth-order valence-electron chi connectivity index (χ4n) is 2.65. The number of carbonyl (C=O) groups excluding carboxylic acids is 1. The number of aliphatic carboxylic acids is 2. The minimum atomic E-state index is -1.27. The van der Waals surface area contributed by atoms with Gasteiger partial charge in [0.25, 0.3) is 0 Å². The lowest BCUT2D eigenvalue weighted by Crippen LogP contribution is -2.60. The Balaban J connectivity index is 2.68. The highest BCUT2D eigenvalue weighted by Crippen LogP contribution is 2.32. The van der Waals surface area contributed by atoms with E-state index in [1.165, 1.54) is 0 Å².